The summed E-state index contributed by atoms with van der Waals surface area (Å²) in [6, 6.07) is 10.7. The normalized spacial score (nSPS) is 26.3. The van der Waals surface area contributed by atoms with Crippen molar-refractivity contribution in [3.05, 3.63) is 35.9 Å². The topological polar surface area (TPSA) is 53.2 Å². The van der Waals surface area contributed by atoms with Crippen LogP contribution in [0.1, 0.15) is 24.8 Å². The smallest absolute Gasteiger partial charge is 0.238 e. The maximum atomic E-state index is 12.0. The molecular formula is C15H21N3O. The quantitative estimate of drug-likeness (QED) is 0.739. The largest absolute Gasteiger partial charge is 0.354 e. The van der Waals surface area contributed by atoms with Gasteiger partial charge in [0.2, 0.25) is 5.91 Å². The van der Waals surface area contributed by atoms with E-state index >= 15 is 0 Å². The van der Waals surface area contributed by atoms with Crippen LogP contribution in [0, 0.1) is 5.92 Å². The van der Waals surface area contributed by atoms with Gasteiger partial charge in [-0.05, 0) is 37.2 Å². The number of hydrazine groups is 1. The lowest BCUT2D eigenvalue weighted by molar-refractivity contribution is -0.122. The molecule has 2 aliphatic rings. The van der Waals surface area contributed by atoms with Crippen LogP contribution >= 0.6 is 0 Å². The highest BCUT2D eigenvalue weighted by molar-refractivity contribution is 5.82. The van der Waals surface area contributed by atoms with Gasteiger partial charge < -0.3 is 5.32 Å². The number of rotatable bonds is 5. The molecule has 1 saturated carbocycles. The Hall–Kier alpha value is -1.39. The zero-order valence-electron chi connectivity index (χ0n) is 11.1. The molecule has 0 bridgehead atoms. The monoisotopic (exact) mass is 259 g/mol. The number of hydrogen-bond donors (Lipinski definition) is 3. The van der Waals surface area contributed by atoms with Gasteiger partial charge in [-0.1, -0.05) is 30.3 Å². The van der Waals surface area contributed by atoms with Crippen molar-refractivity contribution >= 4 is 5.91 Å². The Kier molecular flexibility index (Phi) is 3.80. The van der Waals surface area contributed by atoms with Gasteiger partial charge in [0.25, 0.3) is 0 Å². The zero-order valence-corrected chi connectivity index (χ0v) is 11.1. The molecule has 102 valence electrons. The van der Waals surface area contributed by atoms with Gasteiger partial charge in [-0.15, -0.1) is 0 Å². The van der Waals surface area contributed by atoms with Crippen LogP contribution in [-0.4, -0.2) is 24.5 Å². The predicted molar refractivity (Wildman–Crippen MR) is 74.3 cm³/mol. The van der Waals surface area contributed by atoms with Gasteiger partial charge in [-0.2, -0.15) is 0 Å². The molecule has 1 aromatic carbocycles. The van der Waals surface area contributed by atoms with Crippen LogP contribution in [0.3, 0.4) is 0 Å². The number of carbonyl (C=O) groups is 1. The molecule has 1 heterocycles. The maximum Gasteiger partial charge on any atom is 0.238 e. The van der Waals surface area contributed by atoms with Gasteiger partial charge in [-0.3, -0.25) is 10.2 Å². The second kappa shape index (κ2) is 5.72. The zero-order chi connectivity index (χ0) is 13.1. The van der Waals surface area contributed by atoms with Crippen molar-refractivity contribution in [2.45, 2.75) is 37.8 Å². The van der Waals surface area contributed by atoms with E-state index in [1.54, 1.807) is 0 Å². The second-order valence-electron chi connectivity index (χ2n) is 5.55. The molecule has 0 radical (unpaired) electrons. The Balaban J connectivity index is 1.39. The Bertz CT molecular complexity index is 430. The summed E-state index contributed by atoms with van der Waals surface area (Å²) in [4.78, 5) is 12.0. The Morgan fingerprint density at radius 3 is 2.74 bits per heavy atom. The van der Waals surface area contributed by atoms with E-state index in [2.05, 4.69) is 28.3 Å². The first-order valence-electron chi connectivity index (χ1n) is 7.15. The standard InChI is InChI=1S/C15H21N3O/c19-15(14-10-13(17-18-14)12-6-7-12)16-9-8-11-4-2-1-3-5-11/h1-5,12-14,17-18H,6-10H2,(H,16,19). The van der Waals surface area contributed by atoms with E-state index in [0.717, 1.165) is 18.8 Å². The summed E-state index contributed by atoms with van der Waals surface area (Å²) >= 11 is 0. The van der Waals surface area contributed by atoms with E-state index in [1.807, 2.05) is 18.2 Å². The summed E-state index contributed by atoms with van der Waals surface area (Å²) in [5, 5.41) is 3.01. The van der Waals surface area contributed by atoms with Crippen molar-refractivity contribution in [3.8, 4) is 0 Å². The lowest BCUT2D eigenvalue weighted by Crippen LogP contribution is -2.44. The SMILES string of the molecule is O=C(NCCc1ccccc1)C1CC(C2CC2)NN1. The van der Waals surface area contributed by atoms with E-state index in [-0.39, 0.29) is 11.9 Å². The van der Waals surface area contributed by atoms with Crippen LogP contribution in [0.15, 0.2) is 30.3 Å². The predicted octanol–water partition coefficient (Wildman–Crippen LogP) is 0.990. The van der Waals surface area contributed by atoms with Gasteiger partial charge in [-0.25, -0.2) is 5.43 Å². The van der Waals surface area contributed by atoms with Crippen LogP contribution < -0.4 is 16.2 Å². The van der Waals surface area contributed by atoms with Crippen molar-refractivity contribution in [2.75, 3.05) is 6.54 Å². The van der Waals surface area contributed by atoms with Gasteiger partial charge in [0.15, 0.2) is 0 Å². The summed E-state index contributed by atoms with van der Waals surface area (Å²) in [5.41, 5.74) is 7.62. The highest BCUT2D eigenvalue weighted by Crippen LogP contribution is 2.35. The minimum Gasteiger partial charge on any atom is -0.354 e. The third-order valence-corrected chi connectivity index (χ3v) is 4.00. The van der Waals surface area contributed by atoms with Gasteiger partial charge >= 0.3 is 0 Å². The second-order valence-corrected chi connectivity index (χ2v) is 5.55. The molecule has 2 fully saturated rings. The fourth-order valence-electron chi connectivity index (χ4n) is 2.66. The molecule has 4 nitrogen and oxygen atoms in total. The molecule has 0 spiro atoms. The molecule has 2 atom stereocenters. The third kappa shape index (κ3) is 3.33. The number of hydrogen-bond acceptors (Lipinski definition) is 3. The van der Waals surface area contributed by atoms with Crippen LogP contribution in [0.2, 0.25) is 0 Å². The molecule has 1 aliphatic carbocycles. The molecule has 3 N–H and O–H groups in total. The molecule has 2 unspecified atom stereocenters. The lowest BCUT2D eigenvalue weighted by atomic mass is 10.1. The molecule has 1 amide bonds. The molecule has 19 heavy (non-hydrogen) atoms. The Morgan fingerprint density at radius 1 is 1.21 bits per heavy atom. The van der Waals surface area contributed by atoms with Crippen LogP contribution in [-0.2, 0) is 11.2 Å². The molecule has 0 aromatic heterocycles. The fraction of sp³-hybridized carbons (Fsp3) is 0.533. The van der Waals surface area contributed by atoms with Crippen molar-refractivity contribution in [1.82, 2.24) is 16.2 Å². The molecule has 4 heteroatoms. The van der Waals surface area contributed by atoms with Gasteiger partial charge in [0.1, 0.15) is 6.04 Å². The van der Waals surface area contributed by atoms with E-state index in [0.29, 0.717) is 12.6 Å². The minimum absolute atomic E-state index is 0.0682. The number of amides is 1. The Morgan fingerprint density at radius 2 is 2.00 bits per heavy atom. The molecule has 1 saturated heterocycles. The average molecular weight is 259 g/mol. The lowest BCUT2D eigenvalue weighted by Gasteiger charge is -2.10. The van der Waals surface area contributed by atoms with E-state index < -0.39 is 0 Å². The van der Waals surface area contributed by atoms with Gasteiger partial charge in [0.05, 0.1) is 0 Å². The van der Waals surface area contributed by atoms with E-state index in [9.17, 15) is 4.79 Å². The number of benzene rings is 1. The Labute approximate surface area is 113 Å². The number of nitrogens with one attached hydrogen (secondary N) is 3. The van der Waals surface area contributed by atoms with Crippen molar-refractivity contribution in [1.29, 1.82) is 0 Å². The summed E-state index contributed by atoms with van der Waals surface area (Å²) in [6.45, 7) is 0.703. The van der Waals surface area contributed by atoms with Crippen molar-refractivity contribution in [2.24, 2.45) is 5.92 Å². The first-order chi connectivity index (χ1) is 9.33. The van der Waals surface area contributed by atoms with E-state index in [1.165, 1.54) is 18.4 Å². The molecular weight excluding hydrogens is 238 g/mol. The third-order valence-electron chi connectivity index (χ3n) is 4.00. The van der Waals surface area contributed by atoms with Crippen molar-refractivity contribution in [3.63, 3.8) is 0 Å². The molecule has 1 aromatic rings. The summed E-state index contributed by atoms with van der Waals surface area (Å²) in [7, 11) is 0. The first-order valence-corrected chi connectivity index (χ1v) is 7.15. The van der Waals surface area contributed by atoms with E-state index in [4.69, 9.17) is 0 Å². The van der Waals surface area contributed by atoms with Crippen molar-refractivity contribution < 1.29 is 4.79 Å². The summed E-state index contributed by atoms with van der Waals surface area (Å²) in [6.07, 6.45) is 4.42. The fourth-order valence-corrected chi connectivity index (χ4v) is 2.66. The highest BCUT2D eigenvalue weighted by atomic mass is 16.2. The molecule has 3 rings (SSSR count). The number of carbonyl (C=O) groups excluding carboxylic acids is 1. The minimum atomic E-state index is -0.0682. The highest BCUT2D eigenvalue weighted by Gasteiger charge is 2.38. The summed E-state index contributed by atoms with van der Waals surface area (Å²) < 4.78 is 0. The van der Waals surface area contributed by atoms with Gasteiger partial charge in [0, 0.05) is 12.6 Å². The van der Waals surface area contributed by atoms with Crippen LogP contribution in [0.5, 0.6) is 0 Å². The molecule has 1 aliphatic heterocycles. The summed E-state index contributed by atoms with van der Waals surface area (Å²) in [5.74, 6) is 0.904. The average Bonchev–Trinajstić information content (AvgIpc) is 3.17. The first kappa shape index (κ1) is 12.6. The van der Waals surface area contributed by atoms with Crippen LogP contribution in [0.25, 0.3) is 0 Å². The maximum absolute atomic E-state index is 12.0. The van der Waals surface area contributed by atoms with Crippen LogP contribution in [0.4, 0.5) is 0 Å².